The molecule has 5 nitrogen and oxygen atoms in total. The van der Waals surface area contributed by atoms with E-state index in [2.05, 4.69) is 10.3 Å². The Morgan fingerprint density at radius 3 is 2.50 bits per heavy atom. The smallest absolute Gasteiger partial charge is 0.257 e. The molecule has 1 N–H and O–H groups in total. The third-order valence-corrected chi connectivity index (χ3v) is 5.85. The molecule has 1 aromatic heterocycles. The Labute approximate surface area is 181 Å². The van der Waals surface area contributed by atoms with Gasteiger partial charge in [-0.2, -0.15) is 0 Å². The van der Waals surface area contributed by atoms with Crippen LogP contribution in [0.25, 0.3) is 0 Å². The highest BCUT2D eigenvalue weighted by atomic mass is 32.2. The summed E-state index contributed by atoms with van der Waals surface area (Å²) in [6.07, 6.45) is 0.574. The monoisotopic (exact) mass is 421 g/mol. The molecule has 2 aromatic carbocycles. The largest absolute Gasteiger partial charge is 0.350 e. The van der Waals surface area contributed by atoms with Crippen molar-refractivity contribution in [1.82, 2.24) is 14.9 Å². The Morgan fingerprint density at radius 1 is 1.10 bits per heavy atom. The number of aromatic nitrogens is 2. The van der Waals surface area contributed by atoms with Gasteiger partial charge in [0.25, 0.3) is 11.5 Å². The maximum atomic E-state index is 12.9. The third-order valence-electron chi connectivity index (χ3n) is 4.75. The normalized spacial score (nSPS) is 11.0. The number of thioether (sulfide) groups is 1. The first kappa shape index (κ1) is 21.8. The first-order chi connectivity index (χ1) is 14.3. The molecule has 0 aliphatic heterocycles. The first-order valence-corrected chi connectivity index (χ1v) is 11.0. The van der Waals surface area contributed by atoms with Crippen molar-refractivity contribution in [2.45, 2.75) is 44.1 Å². The van der Waals surface area contributed by atoms with Crippen LogP contribution in [-0.4, -0.2) is 21.5 Å². The molecule has 30 heavy (non-hydrogen) atoms. The first-order valence-electron chi connectivity index (χ1n) is 9.98. The van der Waals surface area contributed by atoms with Crippen LogP contribution in [0.5, 0.6) is 0 Å². The molecule has 156 valence electrons. The van der Waals surface area contributed by atoms with Crippen molar-refractivity contribution < 1.29 is 4.79 Å². The van der Waals surface area contributed by atoms with Crippen molar-refractivity contribution in [2.24, 2.45) is 7.05 Å². The topological polar surface area (TPSA) is 64.0 Å². The molecule has 0 aliphatic rings. The lowest BCUT2D eigenvalue weighted by molar-refractivity contribution is 0.0943. The minimum absolute atomic E-state index is 0.0149. The maximum absolute atomic E-state index is 12.9. The number of nitrogens with one attached hydrogen (secondary N) is 1. The summed E-state index contributed by atoms with van der Waals surface area (Å²) >= 11 is 1.50. The van der Waals surface area contributed by atoms with Crippen LogP contribution in [0.4, 0.5) is 0 Å². The average Bonchev–Trinajstić information content (AvgIpc) is 2.73. The van der Waals surface area contributed by atoms with E-state index in [4.69, 9.17) is 0 Å². The molecule has 0 fully saturated rings. The second-order valence-electron chi connectivity index (χ2n) is 7.60. The second kappa shape index (κ2) is 9.76. The van der Waals surface area contributed by atoms with Gasteiger partial charge in [0, 0.05) is 42.1 Å². The molecule has 0 spiro atoms. The van der Waals surface area contributed by atoms with Crippen molar-refractivity contribution in [3.63, 3.8) is 0 Å². The Morgan fingerprint density at radius 2 is 1.80 bits per heavy atom. The van der Waals surface area contributed by atoms with Gasteiger partial charge in [0.2, 0.25) is 0 Å². The van der Waals surface area contributed by atoms with Crippen molar-refractivity contribution in [3.8, 4) is 0 Å². The molecule has 0 aliphatic carbocycles. The van der Waals surface area contributed by atoms with Crippen LogP contribution in [0.2, 0.25) is 0 Å². The molecule has 3 rings (SSSR count). The molecule has 0 radical (unpaired) electrons. The Kier molecular flexibility index (Phi) is 7.11. The van der Waals surface area contributed by atoms with Crippen molar-refractivity contribution >= 4 is 17.7 Å². The van der Waals surface area contributed by atoms with Gasteiger partial charge >= 0.3 is 0 Å². The number of aryl methyl sites for hydroxylation is 1. The summed E-state index contributed by atoms with van der Waals surface area (Å²) in [7, 11) is 1.76. The van der Waals surface area contributed by atoms with Gasteiger partial charge in [-0.15, -0.1) is 0 Å². The van der Waals surface area contributed by atoms with E-state index >= 15 is 0 Å². The lowest BCUT2D eigenvalue weighted by Gasteiger charge is -2.13. The number of nitrogens with zero attached hydrogens (tertiary/aromatic N) is 2. The summed E-state index contributed by atoms with van der Waals surface area (Å²) in [5.41, 5.74) is 4.21. The van der Waals surface area contributed by atoms with Crippen LogP contribution >= 0.6 is 11.8 Å². The zero-order valence-corrected chi connectivity index (χ0v) is 18.6. The van der Waals surface area contributed by atoms with Gasteiger partial charge in [0.05, 0.1) is 0 Å². The van der Waals surface area contributed by atoms with Crippen LogP contribution in [0.1, 0.15) is 46.6 Å². The summed E-state index contributed by atoms with van der Waals surface area (Å²) in [5.74, 6) is 0.545. The van der Waals surface area contributed by atoms with Crippen LogP contribution in [-0.2, 0) is 19.2 Å². The zero-order chi connectivity index (χ0) is 21.7. The standard InChI is InChI=1S/C24H27N3O2S/c1-16(2)25-22(28)20-12-8-11-19(13-20)15-30-24-26-17(3)21(23(29)27(24)4)14-18-9-6-5-7-10-18/h5-13,16H,14-15H2,1-4H3,(H,25,28). The molecule has 0 saturated carbocycles. The number of carbonyl (C=O) groups is 1. The molecule has 0 unspecified atom stereocenters. The van der Waals surface area contributed by atoms with Gasteiger partial charge in [-0.1, -0.05) is 54.2 Å². The Hall–Kier alpha value is -2.86. The van der Waals surface area contributed by atoms with Gasteiger partial charge in [-0.25, -0.2) is 4.98 Å². The molecule has 1 heterocycles. The van der Waals surface area contributed by atoms with Gasteiger partial charge < -0.3 is 5.32 Å². The Bertz CT molecular complexity index is 1090. The van der Waals surface area contributed by atoms with E-state index in [0.717, 1.165) is 22.4 Å². The SMILES string of the molecule is Cc1nc(SCc2cccc(C(=O)NC(C)C)c2)n(C)c(=O)c1Cc1ccccc1. The average molecular weight is 422 g/mol. The fourth-order valence-corrected chi connectivity index (χ4v) is 4.11. The molecule has 0 atom stereocenters. The van der Waals surface area contributed by atoms with E-state index in [1.165, 1.54) is 11.8 Å². The van der Waals surface area contributed by atoms with Crippen molar-refractivity contribution in [1.29, 1.82) is 0 Å². The molecular weight excluding hydrogens is 394 g/mol. The van der Waals surface area contributed by atoms with E-state index in [9.17, 15) is 9.59 Å². The number of benzene rings is 2. The molecule has 3 aromatic rings. The number of carbonyl (C=O) groups excluding carboxylic acids is 1. The van der Waals surface area contributed by atoms with Gasteiger partial charge in [-0.05, 0) is 44.0 Å². The molecular formula is C24H27N3O2S. The molecule has 6 heteroatoms. The van der Waals surface area contributed by atoms with Crippen molar-refractivity contribution in [3.05, 3.63) is 92.9 Å². The summed E-state index contributed by atoms with van der Waals surface area (Å²) in [4.78, 5) is 29.9. The Balaban J connectivity index is 1.76. The third kappa shape index (κ3) is 5.39. The quantitative estimate of drug-likeness (QED) is 0.461. The minimum atomic E-state index is -0.0801. The lowest BCUT2D eigenvalue weighted by Crippen LogP contribution is -2.30. The van der Waals surface area contributed by atoms with E-state index < -0.39 is 0 Å². The van der Waals surface area contributed by atoms with E-state index in [-0.39, 0.29) is 17.5 Å². The summed E-state index contributed by atoms with van der Waals surface area (Å²) in [6, 6.07) is 17.6. The molecule has 0 saturated heterocycles. The van der Waals surface area contributed by atoms with Crippen LogP contribution in [0.15, 0.2) is 64.5 Å². The van der Waals surface area contributed by atoms with Gasteiger partial charge in [-0.3, -0.25) is 14.2 Å². The number of amides is 1. The van der Waals surface area contributed by atoms with E-state index in [1.807, 2.05) is 75.4 Å². The summed E-state index contributed by atoms with van der Waals surface area (Å²) in [6.45, 7) is 5.77. The highest BCUT2D eigenvalue weighted by molar-refractivity contribution is 7.98. The zero-order valence-electron chi connectivity index (χ0n) is 17.8. The van der Waals surface area contributed by atoms with Gasteiger partial charge in [0.15, 0.2) is 5.16 Å². The number of rotatable bonds is 7. The molecule has 1 amide bonds. The fraction of sp³-hybridized carbons (Fsp3) is 0.292. The van der Waals surface area contributed by atoms with Crippen LogP contribution in [0, 0.1) is 6.92 Å². The predicted molar refractivity (Wildman–Crippen MR) is 122 cm³/mol. The molecule has 0 bridgehead atoms. The van der Waals surface area contributed by atoms with Crippen LogP contribution in [0.3, 0.4) is 0 Å². The predicted octanol–water partition coefficient (Wildman–Crippen LogP) is 4.11. The maximum Gasteiger partial charge on any atom is 0.257 e. The number of hydrogen-bond donors (Lipinski definition) is 1. The van der Waals surface area contributed by atoms with E-state index in [0.29, 0.717) is 22.9 Å². The van der Waals surface area contributed by atoms with Crippen molar-refractivity contribution in [2.75, 3.05) is 0 Å². The fourth-order valence-electron chi connectivity index (χ4n) is 3.16. The minimum Gasteiger partial charge on any atom is -0.350 e. The van der Waals surface area contributed by atoms with E-state index in [1.54, 1.807) is 11.6 Å². The second-order valence-corrected chi connectivity index (χ2v) is 8.54. The highest BCUT2D eigenvalue weighted by Gasteiger charge is 2.14. The van der Waals surface area contributed by atoms with Gasteiger partial charge in [0.1, 0.15) is 0 Å². The number of hydrogen-bond acceptors (Lipinski definition) is 4. The summed E-state index contributed by atoms with van der Waals surface area (Å²) in [5, 5.41) is 3.58. The lowest BCUT2D eigenvalue weighted by atomic mass is 10.1. The summed E-state index contributed by atoms with van der Waals surface area (Å²) < 4.78 is 1.62. The highest BCUT2D eigenvalue weighted by Crippen LogP contribution is 2.22. The van der Waals surface area contributed by atoms with Crippen LogP contribution < -0.4 is 10.9 Å².